The van der Waals surface area contributed by atoms with Crippen molar-refractivity contribution in [2.24, 2.45) is 0 Å². The second-order valence-electron chi connectivity index (χ2n) is 9.02. The second-order valence-corrected chi connectivity index (χ2v) is 9.02. The van der Waals surface area contributed by atoms with Gasteiger partial charge in [-0.15, -0.1) is 0 Å². The number of benzene rings is 3. The molecule has 9 heteroatoms. The van der Waals surface area contributed by atoms with Gasteiger partial charge in [0.05, 0.1) is 24.8 Å². The number of methoxy groups -OCH3 is 1. The third-order valence-electron chi connectivity index (χ3n) is 6.84. The second kappa shape index (κ2) is 9.60. The van der Waals surface area contributed by atoms with E-state index in [4.69, 9.17) is 23.7 Å². The maximum Gasteiger partial charge on any atom is 0.262 e. The molecule has 3 aromatic rings. The molecule has 3 aromatic carbocycles. The summed E-state index contributed by atoms with van der Waals surface area (Å²) in [6.07, 6.45) is -4.78. The Morgan fingerprint density at radius 2 is 1.46 bits per heavy atom. The van der Waals surface area contributed by atoms with Crippen LogP contribution in [0.3, 0.4) is 0 Å². The molecule has 0 aromatic heterocycles. The molecule has 0 bridgehead atoms. The van der Waals surface area contributed by atoms with Crippen LogP contribution in [0.25, 0.3) is 0 Å². The predicted octanol–water partition coefficient (Wildman–Crippen LogP) is 2.94. The molecule has 2 amide bonds. The molecular formula is C28H25NO8. The summed E-state index contributed by atoms with van der Waals surface area (Å²) in [5.74, 6) is -0.00351. The molecule has 0 aliphatic carbocycles. The number of carbonyl (C=O) groups excluding carboxylic acids is 2. The Hall–Kier alpha value is -3.76. The number of fused-ring (bicyclic) bond motifs is 2. The van der Waals surface area contributed by atoms with Crippen LogP contribution >= 0.6 is 0 Å². The Morgan fingerprint density at radius 1 is 0.838 bits per heavy atom. The van der Waals surface area contributed by atoms with E-state index >= 15 is 0 Å². The van der Waals surface area contributed by atoms with E-state index in [2.05, 4.69) is 0 Å². The van der Waals surface area contributed by atoms with Crippen LogP contribution in [0.4, 0.5) is 0 Å². The van der Waals surface area contributed by atoms with Crippen LogP contribution in [0, 0.1) is 0 Å². The minimum Gasteiger partial charge on any atom is -0.497 e. The number of ether oxygens (including phenoxy) is 5. The molecule has 3 aliphatic rings. The highest BCUT2D eigenvalue weighted by molar-refractivity contribution is 6.21. The zero-order valence-electron chi connectivity index (χ0n) is 19.9. The van der Waals surface area contributed by atoms with Gasteiger partial charge in [0.2, 0.25) is 6.29 Å². The van der Waals surface area contributed by atoms with Gasteiger partial charge in [0, 0.05) is 5.56 Å². The molecule has 3 aliphatic heterocycles. The lowest BCUT2D eigenvalue weighted by atomic mass is 9.94. The van der Waals surface area contributed by atoms with E-state index in [-0.39, 0.29) is 17.7 Å². The lowest BCUT2D eigenvalue weighted by Gasteiger charge is -2.49. The Kier molecular flexibility index (Phi) is 6.13. The van der Waals surface area contributed by atoms with E-state index in [9.17, 15) is 14.7 Å². The molecule has 2 saturated heterocycles. The first-order valence-electron chi connectivity index (χ1n) is 12.0. The van der Waals surface area contributed by atoms with Gasteiger partial charge >= 0.3 is 0 Å². The number of rotatable bonds is 5. The molecular weight excluding hydrogens is 478 g/mol. The fraction of sp³-hybridized carbons (Fsp3) is 0.286. The number of amides is 2. The van der Waals surface area contributed by atoms with E-state index in [1.54, 1.807) is 55.6 Å². The summed E-state index contributed by atoms with van der Waals surface area (Å²) in [5, 5.41) is 11.6. The molecule has 2 fully saturated rings. The lowest BCUT2D eigenvalue weighted by molar-refractivity contribution is -0.338. The summed E-state index contributed by atoms with van der Waals surface area (Å²) in [6.45, 7) is 0.124. The Labute approximate surface area is 213 Å². The smallest absolute Gasteiger partial charge is 0.262 e. The molecule has 1 unspecified atom stereocenters. The number of aliphatic hydroxyl groups is 1. The number of hydrogen-bond acceptors (Lipinski definition) is 8. The number of carbonyl (C=O) groups is 2. The third kappa shape index (κ3) is 4.15. The van der Waals surface area contributed by atoms with Crippen molar-refractivity contribution < 1.29 is 38.4 Å². The van der Waals surface area contributed by atoms with Gasteiger partial charge < -0.3 is 28.8 Å². The normalized spacial score (nSPS) is 29.0. The first kappa shape index (κ1) is 23.6. The standard InChI is InChI=1S/C28H25NO8/c1-33-17-11-13-18(14-12-17)35-28-22(29-25(31)19-9-5-6-10-20(19)26(29)32)23(30)24-21(36-28)15-34-27(37-24)16-7-3-2-4-8-16/h2-14,21-24,27-28,30H,15H2,1H3/t21-,22-,23-,24+,27?,28-/m1/s1. The van der Waals surface area contributed by atoms with E-state index in [1.165, 1.54) is 0 Å². The van der Waals surface area contributed by atoms with Crippen LogP contribution in [-0.4, -0.2) is 66.2 Å². The first-order chi connectivity index (χ1) is 18.0. The molecule has 0 spiro atoms. The zero-order chi connectivity index (χ0) is 25.5. The molecule has 0 saturated carbocycles. The lowest BCUT2D eigenvalue weighted by Crippen LogP contribution is -2.68. The van der Waals surface area contributed by atoms with Gasteiger partial charge in [-0.3, -0.25) is 14.5 Å². The van der Waals surface area contributed by atoms with Gasteiger partial charge in [-0.05, 0) is 36.4 Å². The van der Waals surface area contributed by atoms with Crippen LogP contribution in [0.5, 0.6) is 11.5 Å². The molecule has 3 heterocycles. The van der Waals surface area contributed by atoms with Crippen molar-refractivity contribution >= 4 is 11.8 Å². The van der Waals surface area contributed by atoms with Crippen molar-refractivity contribution in [3.63, 3.8) is 0 Å². The summed E-state index contributed by atoms with van der Waals surface area (Å²) in [4.78, 5) is 27.8. The monoisotopic (exact) mass is 503 g/mol. The largest absolute Gasteiger partial charge is 0.497 e. The highest BCUT2D eigenvalue weighted by atomic mass is 16.7. The molecule has 9 nitrogen and oxygen atoms in total. The van der Waals surface area contributed by atoms with Crippen molar-refractivity contribution in [3.8, 4) is 11.5 Å². The van der Waals surface area contributed by atoms with Gasteiger partial charge in [0.15, 0.2) is 6.29 Å². The quantitative estimate of drug-likeness (QED) is 0.530. The summed E-state index contributed by atoms with van der Waals surface area (Å²) in [7, 11) is 1.56. The third-order valence-corrected chi connectivity index (χ3v) is 6.84. The van der Waals surface area contributed by atoms with Crippen LogP contribution in [-0.2, 0) is 14.2 Å². The Balaban J connectivity index is 1.33. The van der Waals surface area contributed by atoms with Crippen molar-refractivity contribution in [1.82, 2.24) is 4.90 Å². The minimum atomic E-state index is -1.31. The maximum atomic E-state index is 13.4. The summed E-state index contributed by atoms with van der Waals surface area (Å²) in [5.41, 5.74) is 1.31. The van der Waals surface area contributed by atoms with E-state index in [0.29, 0.717) is 11.5 Å². The zero-order valence-corrected chi connectivity index (χ0v) is 19.9. The van der Waals surface area contributed by atoms with Crippen LogP contribution < -0.4 is 9.47 Å². The highest BCUT2D eigenvalue weighted by Crippen LogP contribution is 2.38. The SMILES string of the molecule is COc1ccc(O[C@@H]2O[C@@H]3COC(c4ccccc4)O[C@@H]3[C@H](O)[C@H]2N2C(=O)c3ccccc3C2=O)cc1. The van der Waals surface area contributed by atoms with Crippen molar-refractivity contribution in [3.05, 3.63) is 95.6 Å². The average molecular weight is 504 g/mol. The molecule has 1 N–H and O–H groups in total. The predicted molar refractivity (Wildman–Crippen MR) is 129 cm³/mol. The molecule has 37 heavy (non-hydrogen) atoms. The van der Waals surface area contributed by atoms with Gasteiger partial charge in [0.25, 0.3) is 11.8 Å². The first-order valence-corrected chi connectivity index (χ1v) is 12.0. The van der Waals surface area contributed by atoms with Crippen LogP contribution in [0.2, 0.25) is 0 Å². The summed E-state index contributed by atoms with van der Waals surface area (Å²) in [6, 6.07) is 21.5. The van der Waals surface area contributed by atoms with Gasteiger partial charge in [-0.2, -0.15) is 0 Å². The Bertz CT molecular complexity index is 1260. The fourth-order valence-corrected chi connectivity index (χ4v) is 5.00. The molecule has 190 valence electrons. The maximum absolute atomic E-state index is 13.4. The Morgan fingerprint density at radius 3 is 2.11 bits per heavy atom. The highest BCUT2D eigenvalue weighted by Gasteiger charge is 2.56. The fourth-order valence-electron chi connectivity index (χ4n) is 5.00. The number of imide groups is 1. The minimum absolute atomic E-state index is 0.124. The van der Waals surface area contributed by atoms with Gasteiger partial charge in [-0.1, -0.05) is 42.5 Å². The van der Waals surface area contributed by atoms with Crippen molar-refractivity contribution in [2.75, 3.05) is 13.7 Å². The van der Waals surface area contributed by atoms with Crippen LogP contribution in [0.1, 0.15) is 32.6 Å². The van der Waals surface area contributed by atoms with Gasteiger partial charge in [0.1, 0.15) is 35.9 Å². The van der Waals surface area contributed by atoms with Crippen LogP contribution in [0.15, 0.2) is 78.9 Å². The molecule has 6 atom stereocenters. The summed E-state index contributed by atoms with van der Waals surface area (Å²) < 4.78 is 29.6. The van der Waals surface area contributed by atoms with Crippen molar-refractivity contribution in [1.29, 1.82) is 0 Å². The van der Waals surface area contributed by atoms with E-state index in [0.717, 1.165) is 10.5 Å². The topological polar surface area (TPSA) is 104 Å². The van der Waals surface area contributed by atoms with Crippen molar-refractivity contribution in [2.45, 2.75) is 36.9 Å². The van der Waals surface area contributed by atoms with E-state index < -0.39 is 48.7 Å². The van der Waals surface area contributed by atoms with Gasteiger partial charge in [-0.25, -0.2) is 0 Å². The average Bonchev–Trinajstić information content (AvgIpc) is 3.19. The number of aliphatic hydroxyl groups excluding tert-OH is 1. The molecule has 6 rings (SSSR count). The number of hydrogen-bond donors (Lipinski definition) is 1. The van der Waals surface area contributed by atoms with E-state index in [1.807, 2.05) is 30.3 Å². The number of nitrogens with zero attached hydrogens (tertiary/aromatic N) is 1. The molecule has 0 radical (unpaired) electrons. The summed E-state index contributed by atoms with van der Waals surface area (Å²) >= 11 is 0.